The van der Waals surface area contributed by atoms with Gasteiger partial charge in [0, 0.05) is 54.2 Å². The van der Waals surface area contributed by atoms with Crippen LogP contribution in [0.15, 0.2) is 6.07 Å². The van der Waals surface area contributed by atoms with Crippen molar-refractivity contribution >= 4 is 23.8 Å². The molecule has 2 bridgehead atoms. The van der Waals surface area contributed by atoms with Gasteiger partial charge in [-0.05, 0) is 58.2 Å². The Kier molecular flexibility index (Phi) is 11.5. The van der Waals surface area contributed by atoms with Gasteiger partial charge in [0.1, 0.15) is 17.8 Å². The second-order valence-corrected chi connectivity index (χ2v) is 14.7. The van der Waals surface area contributed by atoms with Gasteiger partial charge in [-0.2, -0.15) is 18.4 Å². The molecule has 1 saturated heterocycles. The number of hydrogen-bond donors (Lipinski definition) is 2. The first kappa shape index (κ1) is 40.6. The van der Waals surface area contributed by atoms with Crippen molar-refractivity contribution in [3.8, 4) is 34.8 Å². The molecule has 6 rings (SSSR count). The van der Waals surface area contributed by atoms with Gasteiger partial charge in [0.2, 0.25) is 12.7 Å². The summed E-state index contributed by atoms with van der Waals surface area (Å²) in [7, 11) is 3.40. The van der Waals surface area contributed by atoms with E-state index in [2.05, 4.69) is 16.3 Å². The lowest BCUT2D eigenvalue weighted by atomic mass is 9.71. The molecule has 0 spiro atoms. The number of carbonyl (C=O) groups excluding carboxylic acids is 4. The first-order valence-corrected chi connectivity index (χ1v) is 18.6. The fraction of sp³-hybridized carbons (Fsp3) is 0.564. The molecule has 2 N–H and O–H groups in total. The number of piperazine rings is 1. The molecule has 0 aromatic heterocycles. The van der Waals surface area contributed by atoms with Crippen LogP contribution in [0.4, 0.5) is 13.2 Å². The number of alkyl halides is 3. The second-order valence-electron chi connectivity index (χ2n) is 14.7. The standard InChI is InChI=1S/C39H46F3N5O9/c1-8-9-10-11-28(49)56-36-29-22(12-18(2)32(36)52-7)13-24-26(15-43)47-25(31(29)46(24)6)14-23-30(35-34(53-17-54-35)19(3)33(23)55-21(5)48)27(47)16-44-37(50)20(4)45-38(51)39(40,41)42/h12,20,24-27,31H,8-11,13-14,16-17H2,1-7H3,(H,44,50)(H,45,51)/t20-,24+,25?,26-,27-,31-/m0/s1. The highest BCUT2D eigenvalue weighted by molar-refractivity contribution is 5.89. The van der Waals surface area contributed by atoms with Crippen LogP contribution in [0.1, 0.15) is 91.9 Å². The van der Waals surface area contributed by atoms with E-state index in [-0.39, 0.29) is 37.7 Å². The van der Waals surface area contributed by atoms with E-state index in [1.807, 2.05) is 31.9 Å². The smallest absolute Gasteiger partial charge is 0.471 e. The number of hydrogen-bond acceptors (Lipinski definition) is 12. The molecule has 1 fully saturated rings. The van der Waals surface area contributed by atoms with E-state index < -0.39 is 66.2 Å². The summed E-state index contributed by atoms with van der Waals surface area (Å²) >= 11 is 0. The maximum atomic E-state index is 13.4. The van der Waals surface area contributed by atoms with E-state index in [0.29, 0.717) is 52.3 Å². The first-order chi connectivity index (χ1) is 26.5. The first-order valence-electron chi connectivity index (χ1n) is 18.6. The SMILES string of the molecule is CCCCCC(=O)Oc1c(OC)c(C)cc2c1[C@@H]1C3Cc4c(OC(C)=O)c(C)c5c(c4[C@H](CNC(=O)[C@H](C)NC(=O)C(F)(F)F)N3[C@@H](C#N)[C@@H](C2)N1C)OCO5. The molecule has 1 unspecified atom stereocenters. The number of likely N-dealkylation sites (N-methyl/N-ethyl adjacent to an activating group) is 1. The van der Waals surface area contributed by atoms with Crippen molar-refractivity contribution in [1.82, 2.24) is 20.4 Å². The summed E-state index contributed by atoms with van der Waals surface area (Å²) < 4.78 is 69.0. The van der Waals surface area contributed by atoms with Gasteiger partial charge in [0.25, 0.3) is 0 Å². The number of nitrogens with one attached hydrogen (secondary N) is 2. The fourth-order valence-corrected chi connectivity index (χ4v) is 8.77. The Hall–Kier alpha value is -5.08. The van der Waals surface area contributed by atoms with Gasteiger partial charge in [-0.25, -0.2) is 0 Å². The number of carbonyl (C=O) groups is 4. The van der Waals surface area contributed by atoms with E-state index >= 15 is 0 Å². The van der Waals surface area contributed by atoms with E-state index in [4.69, 9.17) is 23.7 Å². The molecule has 4 aliphatic heterocycles. The Morgan fingerprint density at radius 1 is 1.04 bits per heavy atom. The van der Waals surface area contributed by atoms with Crippen molar-refractivity contribution in [2.45, 2.75) is 116 Å². The normalized spacial score (nSPS) is 22.8. The third-order valence-corrected chi connectivity index (χ3v) is 11.2. The van der Waals surface area contributed by atoms with Gasteiger partial charge in [-0.3, -0.25) is 29.0 Å². The van der Waals surface area contributed by atoms with E-state index in [9.17, 15) is 37.6 Å². The lowest BCUT2D eigenvalue weighted by molar-refractivity contribution is -0.174. The molecule has 4 heterocycles. The molecule has 2 aromatic rings. The van der Waals surface area contributed by atoms with Gasteiger partial charge in [-0.1, -0.05) is 25.8 Å². The number of benzene rings is 2. The highest BCUT2D eigenvalue weighted by Crippen LogP contribution is 2.58. The number of unbranched alkanes of at least 4 members (excludes halogenated alkanes) is 2. The van der Waals surface area contributed by atoms with Crippen molar-refractivity contribution in [2.24, 2.45) is 0 Å². The number of nitrogens with zero attached hydrogens (tertiary/aromatic N) is 3. The Morgan fingerprint density at radius 2 is 1.75 bits per heavy atom. The summed E-state index contributed by atoms with van der Waals surface area (Å²) in [5, 5.41) is 15.3. The molecule has 14 nitrogen and oxygen atoms in total. The van der Waals surface area contributed by atoms with Crippen molar-refractivity contribution in [3.05, 3.63) is 39.4 Å². The number of nitriles is 1. The number of methoxy groups -OCH3 is 1. The lowest BCUT2D eigenvalue weighted by Gasteiger charge is -2.60. The lowest BCUT2D eigenvalue weighted by Crippen LogP contribution is -2.69. The molecule has 2 aromatic carbocycles. The minimum absolute atomic E-state index is 0.162. The molecule has 0 aliphatic carbocycles. The summed E-state index contributed by atoms with van der Waals surface area (Å²) in [5.74, 6) is -2.67. The number of fused-ring (bicyclic) bond motifs is 9. The Bertz CT molecular complexity index is 1980. The molecule has 2 amide bonds. The highest BCUT2D eigenvalue weighted by atomic mass is 19.4. The Morgan fingerprint density at radius 3 is 2.39 bits per heavy atom. The average Bonchev–Trinajstić information content (AvgIpc) is 3.62. The van der Waals surface area contributed by atoms with Crippen LogP contribution in [0.2, 0.25) is 0 Å². The molecular weight excluding hydrogens is 739 g/mol. The van der Waals surface area contributed by atoms with Crippen LogP contribution in [0.25, 0.3) is 0 Å². The van der Waals surface area contributed by atoms with Crippen molar-refractivity contribution in [3.63, 3.8) is 0 Å². The molecule has 17 heteroatoms. The molecule has 302 valence electrons. The van der Waals surface area contributed by atoms with E-state index in [1.165, 1.54) is 14.0 Å². The third-order valence-electron chi connectivity index (χ3n) is 11.2. The van der Waals surface area contributed by atoms with Gasteiger partial charge in [0.15, 0.2) is 23.0 Å². The topological polar surface area (TPSA) is 169 Å². The van der Waals surface area contributed by atoms with Crippen LogP contribution in [0.3, 0.4) is 0 Å². The zero-order chi connectivity index (χ0) is 40.8. The van der Waals surface area contributed by atoms with Gasteiger partial charge in [-0.15, -0.1) is 0 Å². The quantitative estimate of drug-likeness (QED) is 0.187. The van der Waals surface area contributed by atoms with Gasteiger partial charge in [0.05, 0.1) is 25.3 Å². The largest absolute Gasteiger partial charge is 0.493 e. The number of aryl methyl sites for hydroxylation is 1. The number of ether oxygens (including phenoxy) is 5. The predicted molar refractivity (Wildman–Crippen MR) is 192 cm³/mol. The predicted octanol–water partition coefficient (Wildman–Crippen LogP) is 4.41. The van der Waals surface area contributed by atoms with Crippen LogP contribution in [-0.4, -0.2) is 91.4 Å². The van der Waals surface area contributed by atoms with E-state index in [1.54, 1.807) is 12.2 Å². The minimum atomic E-state index is -5.20. The van der Waals surface area contributed by atoms with Crippen molar-refractivity contribution in [2.75, 3.05) is 27.5 Å². The zero-order valence-electron chi connectivity index (χ0n) is 32.3. The number of esters is 2. The summed E-state index contributed by atoms with van der Waals surface area (Å²) in [4.78, 5) is 55.1. The minimum Gasteiger partial charge on any atom is -0.493 e. The summed E-state index contributed by atoms with van der Waals surface area (Å²) in [6.45, 7) is 7.60. The average molecular weight is 786 g/mol. The molecule has 56 heavy (non-hydrogen) atoms. The molecule has 4 aliphatic rings. The van der Waals surface area contributed by atoms with Crippen molar-refractivity contribution < 1.29 is 56.0 Å². The third kappa shape index (κ3) is 7.20. The van der Waals surface area contributed by atoms with Crippen LogP contribution in [0.5, 0.6) is 28.7 Å². The number of amides is 2. The zero-order valence-corrected chi connectivity index (χ0v) is 32.3. The van der Waals surface area contributed by atoms with Crippen LogP contribution in [-0.2, 0) is 32.0 Å². The van der Waals surface area contributed by atoms with Crippen LogP contribution < -0.4 is 34.3 Å². The molecule has 0 saturated carbocycles. The number of rotatable bonds is 11. The number of halogens is 3. The molecule has 0 radical (unpaired) electrons. The van der Waals surface area contributed by atoms with Crippen LogP contribution >= 0.6 is 0 Å². The van der Waals surface area contributed by atoms with Crippen molar-refractivity contribution in [1.29, 1.82) is 5.26 Å². The monoisotopic (exact) mass is 785 g/mol. The van der Waals surface area contributed by atoms with Gasteiger partial charge < -0.3 is 34.3 Å². The maximum absolute atomic E-state index is 13.4. The Balaban J connectivity index is 1.52. The maximum Gasteiger partial charge on any atom is 0.471 e. The summed E-state index contributed by atoms with van der Waals surface area (Å²) in [5.41, 5.74) is 3.84. The second kappa shape index (κ2) is 15.8. The fourth-order valence-electron chi connectivity index (χ4n) is 8.77. The van der Waals surface area contributed by atoms with E-state index in [0.717, 1.165) is 30.9 Å². The summed E-state index contributed by atoms with van der Waals surface area (Å²) in [6.07, 6.45) is -2.01. The molecular formula is C39H46F3N5O9. The summed E-state index contributed by atoms with van der Waals surface area (Å²) in [6, 6.07) is -0.358. The highest BCUT2D eigenvalue weighted by Gasteiger charge is 2.57. The van der Waals surface area contributed by atoms with Crippen LogP contribution in [0, 0.1) is 25.2 Å². The van der Waals surface area contributed by atoms with Gasteiger partial charge >= 0.3 is 24.0 Å². The molecule has 6 atom stereocenters. The Labute approximate surface area is 322 Å².